The predicted octanol–water partition coefficient (Wildman–Crippen LogP) is 5.20. The van der Waals surface area contributed by atoms with Crippen LogP contribution in [0.4, 0.5) is 21.9 Å². The van der Waals surface area contributed by atoms with E-state index in [1.807, 2.05) is 26.0 Å². The van der Waals surface area contributed by atoms with Crippen LogP contribution in [-0.2, 0) is 14.4 Å². The standard InChI is InChI=1S/C27H20Cl2N4O7/c1-14-3-4-17(9-15(14)2)30-23(34)13-40-24-21(28)11-16(12-22(24)29)10-20-25(35)31-27(37)32(26(20)36)18-5-7-19(8-6-18)33(38)39/h3-12H,13H2,1-2H3,(H,30,34)(H,31,35,37)/b20-10-. The maximum atomic E-state index is 13.1. The van der Waals surface area contributed by atoms with Gasteiger partial charge in [-0.15, -0.1) is 0 Å². The highest BCUT2D eigenvalue weighted by Crippen LogP contribution is 2.35. The number of rotatable bonds is 7. The Morgan fingerprint density at radius 3 is 2.27 bits per heavy atom. The normalized spacial score (nSPS) is 14.2. The first-order valence-corrected chi connectivity index (χ1v) is 12.3. The lowest BCUT2D eigenvalue weighted by Gasteiger charge is -2.26. The van der Waals surface area contributed by atoms with Gasteiger partial charge in [0.2, 0.25) is 0 Å². The van der Waals surface area contributed by atoms with Crippen molar-refractivity contribution < 1.29 is 28.8 Å². The highest BCUT2D eigenvalue weighted by Gasteiger charge is 2.37. The number of ether oxygens (including phenoxy) is 1. The first kappa shape index (κ1) is 28.3. The van der Waals surface area contributed by atoms with E-state index in [1.165, 1.54) is 30.3 Å². The van der Waals surface area contributed by atoms with Gasteiger partial charge in [0, 0.05) is 17.8 Å². The minimum Gasteiger partial charge on any atom is -0.481 e. The summed E-state index contributed by atoms with van der Waals surface area (Å²) in [5, 5.41) is 15.7. The second kappa shape index (κ2) is 11.6. The lowest BCUT2D eigenvalue weighted by Crippen LogP contribution is -2.54. The third-order valence-electron chi connectivity index (χ3n) is 5.89. The Bertz CT molecular complexity index is 1580. The summed E-state index contributed by atoms with van der Waals surface area (Å²) in [6.45, 7) is 3.49. The van der Waals surface area contributed by atoms with E-state index in [4.69, 9.17) is 27.9 Å². The first-order chi connectivity index (χ1) is 18.9. The van der Waals surface area contributed by atoms with Gasteiger partial charge in [0.15, 0.2) is 12.4 Å². The summed E-state index contributed by atoms with van der Waals surface area (Å²) in [6.07, 6.45) is 1.18. The molecule has 11 nitrogen and oxygen atoms in total. The number of imide groups is 2. The smallest absolute Gasteiger partial charge is 0.335 e. The fourth-order valence-electron chi connectivity index (χ4n) is 3.74. The number of aryl methyl sites for hydroxylation is 2. The molecule has 1 saturated heterocycles. The van der Waals surface area contributed by atoms with E-state index in [1.54, 1.807) is 6.07 Å². The molecular weight excluding hydrogens is 563 g/mol. The summed E-state index contributed by atoms with van der Waals surface area (Å²) in [4.78, 5) is 61.2. The van der Waals surface area contributed by atoms with Crippen molar-refractivity contribution in [2.24, 2.45) is 0 Å². The highest BCUT2D eigenvalue weighted by atomic mass is 35.5. The van der Waals surface area contributed by atoms with E-state index < -0.39 is 34.2 Å². The number of nitrogens with zero attached hydrogens (tertiary/aromatic N) is 2. The first-order valence-electron chi connectivity index (χ1n) is 11.6. The SMILES string of the molecule is Cc1ccc(NC(=O)COc2c(Cl)cc(/C=C3/C(=O)NC(=O)N(c4ccc([N+](=O)[O-])cc4)C3=O)cc2Cl)cc1C. The second-order valence-corrected chi connectivity index (χ2v) is 9.50. The molecule has 0 saturated carbocycles. The lowest BCUT2D eigenvalue weighted by molar-refractivity contribution is -0.384. The highest BCUT2D eigenvalue weighted by molar-refractivity contribution is 6.40. The van der Waals surface area contributed by atoms with Gasteiger partial charge in [-0.05, 0) is 73.0 Å². The topological polar surface area (TPSA) is 148 Å². The molecule has 204 valence electrons. The third kappa shape index (κ3) is 6.11. The van der Waals surface area contributed by atoms with Gasteiger partial charge in [-0.25, -0.2) is 9.69 Å². The molecule has 0 atom stereocenters. The van der Waals surface area contributed by atoms with Crippen LogP contribution in [0.3, 0.4) is 0 Å². The summed E-state index contributed by atoms with van der Waals surface area (Å²) in [5.74, 6) is -2.34. The molecule has 3 aromatic rings. The monoisotopic (exact) mass is 582 g/mol. The van der Waals surface area contributed by atoms with Gasteiger partial charge in [0.1, 0.15) is 5.57 Å². The summed E-state index contributed by atoms with van der Waals surface area (Å²) >= 11 is 12.6. The van der Waals surface area contributed by atoms with Crippen LogP contribution in [0.2, 0.25) is 10.0 Å². The van der Waals surface area contributed by atoms with Crippen molar-refractivity contribution in [1.29, 1.82) is 0 Å². The molecule has 40 heavy (non-hydrogen) atoms. The number of urea groups is 1. The number of hydrogen-bond acceptors (Lipinski definition) is 7. The largest absolute Gasteiger partial charge is 0.481 e. The van der Waals surface area contributed by atoms with Crippen molar-refractivity contribution in [2.75, 3.05) is 16.8 Å². The van der Waals surface area contributed by atoms with Gasteiger partial charge >= 0.3 is 6.03 Å². The van der Waals surface area contributed by atoms with Crippen LogP contribution in [0.5, 0.6) is 5.75 Å². The zero-order chi connectivity index (χ0) is 29.1. The van der Waals surface area contributed by atoms with Crippen LogP contribution in [0, 0.1) is 24.0 Å². The molecule has 1 aliphatic rings. The molecule has 0 bridgehead atoms. The molecule has 0 radical (unpaired) electrons. The maximum absolute atomic E-state index is 13.1. The van der Waals surface area contributed by atoms with Gasteiger partial charge < -0.3 is 10.1 Å². The van der Waals surface area contributed by atoms with Crippen LogP contribution >= 0.6 is 23.2 Å². The number of nitro groups is 1. The van der Waals surface area contributed by atoms with Crippen molar-refractivity contribution in [3.05, 3.63) is 97.0 Å². The predicted molar refractivity (Wildman–Crippen MR) is 149 cm³/mol. The van der Waals surface area contributed by atoms with Crippen molar-refractivity contribution in [3.8, 4) is 5.75 Å². The summed E-state index contributed by atoms with van der Waals surface area (Å²) in [6, 6.07) is 11.8. The molecule has 3 aromatic carbocycles. The maximum Gasteiger partial charge on any atom is 0.335 e. The third-order valence-corrected chi connectivity index (χ3v) is 6.45. The average Bonchev–Trinajstić information content (AvgIpc) is 2.88. The van der Waals surface area contributed by atoms with Crippen molar-refractivity contribution in [3.63, 3.8) is 0 Å². The van der Waals surface area contributed by atoms with Crippen molar-refractivity contribution in [1.82, 2.24) is 5.32 Å². The number of carbonyl (C=O) groups is 4. The molecule has 0 spiro atoms. The zero-order valence-corrected chi connectivity index (χ0v) is 22.5. The molecular formula is C27H20Cl2N4O7. The Morgan fingerprint density at radius 1 is 1.02 bits per heavy atom. The molecule has 1 aliphatic heterocycles. The number of benzene rings is 3. The molecule has 0 aliphatic carbocycles. The minimum atomic E-state index is -1.01. The van der Waals surface area contributed by atoms with E-state index in [0.29, 0.717) is 10.6 Å². The second-order valence-electron chi connectivity index (χ2n) is 8.68. The minimum absolute atomic E-state index is 0.00491. The molecule has 13 heteroatoms. The quantitative estimate of drug-likeness (QED) is 0.168. The Labute approximate surface area is 237 Å². The van der Waals surface area contributed by atoms with E-state index in [9.17, 15) is 29.3 Å². The Morgan fingerprint density at radius 2 is 1.68 bits per heavy atom. The van der Waals surface area contributed by atoms with E-state index >= 15 is 0 Å². The van der Waals surface area contributed by atoms with Gasteiger partial charge in [0.25, 0.3) is 23.4 Å². The van der Waals surface area contributed by atoms with Crippen LogP contribution < -0.4 is 20.3 Å². The average molecular weight is 583 g/mol. The molecule has 1 fully saturated rings. The van der Waals surface area contributed by atoms with Gasteiger partial charge in [-0.3, -0.25) is 29.8 Å². The molecule has 5 amide bonds. The number of hydrogen-bond donors (Lipinski definition) is 2. The number of non-ortho nitro benzene ring substituents is 1. The Balaban J connectivity index is 1.51. The number of anilines is 2. The Hall–Kier alpha value is -4.74. The number of carbonyl (C=O) groups excluding carboxylic acids is 4. The number of amides is 5. The van der Waals surface area contributed by atoms with Crippen LogP contribution in [0.1, 0.15) is 16.7 Å². The van der Waals surface area contributed by atoms with Crippen LogP contribution in [0.15, 0.2) is 60.2 Å². The van der Waals surface area contributed by atoms with Crippen molar-refractivity contribution >= 4 is 70.1 Å². The van der Waals surface area contributed by atoms with Gasteiger partial charge in [-0.2, -0.15) is 0 Å². The Kier molecular flexibility index (Phi) is 8.17. The number of nitrogens with one attached hydrogen (secondary N) is 2. The van der Waals surface area contributed by atoms with Gasteiger partial charge in [0.05, 0.1) is 20.7 Å². The number of nitro benzene ring substituents is 1. The summed E-state index contributed by atoms with van der Waals surface area (Å²) < 4.78 is 5.51. The van der Waals surface area contributed by atoms with E-state index in [-0.39, 0.29) is 39.3 Å². The fraction of sp³-hybridized carbons (Fsp3) is 0.111. The fourth-order valence-corrected chi connectivity index (χ4v) is 4.35. The van der Waals surface area contributed by atoms with E-state index in [0.717, 1.165) is 23.3 Å². The molecule has 4 rings (SSSR count). The van der Waals surface area contributed by atoms with E-state index in [2.05, 4.69) is 10.6 Å². The van der Waals surface area contributed by atoms with Gasteiger partial charge in [-0.1, -0.05) is 29.3 Å². The van der Waals surface area contributed by atoms with Crippen molar-refractivity contribution in [2.45, 2.75) is 13.8 Å². The number of barbiturate groups is 1. The lowest BCUT2D eigenvalue weighted by atomic mass is 10.1. The molecule has 1 heterocycles. The summed E-state index contributed by atoms with van der Waals surface area (Å²) in [7, 11) is 0. The van der Waals surface area contributed by atoms with Crippen LogP contribution in [-0.4, -0.2) is 35.3 Å². The summed E-state index contributed by atoms with van der Waals surface area (Å²) in [5.41, 5.74) is 2.30. The molecule has 2 N–H and O–H groups in total. The molecule has 0 aromatic heterocycles. The van der Waals surface area contributed by atoms with Crippen LogP contribution in [0.25, 0.3) is 6.08 Å². The number of halogens is 2. The zero-order valence-electron chi connectivity index (χ0n) is 21.0. The molecule has 0 unspecified atom stereocenters.